The second-order valence-corrected chi connectivity index (χ2v) is 6.56. The molecule has 6 heteroatoms. The van der Waals surface area contributed by atoms with Crippen molar-refractivity contribution in [1.29, 1.82) is 0 Å². The van der Waals surface area contributed by atoms with Gasteiger partial charge < -0.3 is 24.1 Å². The molecule has 0 aliphatic carbocycles. The van der Waals surface area contributed by atoms with E-state index in [4.69, 9.17) is 26.1 Å². The minimum absolute atomic E-state index is 0.572. The van der Waals surface area contributed by atoms with Crippen LogP contribution in [0.1, 0.15) is 18.2 Å². The van der Waals surface area contributed by atoms with Gasteiger partial charge in [0.2, 0.25) is 0 Å². The number of thiocarbonyl (C=S) groups is 1. The maximum atomic E-state index is 5.68. The van der Waals surface area contributed by atoms with Gasteiger partial charge in [-0.15, -0.1) is 0 Å². The number of rotatable bonds is 8. The molecule has 0 fully saturated rings. The maximum absolute atomic E-state index is 5.68. The van der Waals surface area contributed by atoms with Gasteiger partial charge in [0.25, 0.3) is 0 Å². The third kappa shape index (κ3) is 5.50. The van der Waals surface area contributed by atoms with Crippen LogP contribution in [-0.4, -0.2) is 23.7 Å². The number of anilines is 1. The number of nitrogens with zero attached hydrogens (tertiary/aromatic N) is 1. The van der Waals surface area contributed by atoms with Gasteiger partial charge in [0.15, 0.2) is 5.11 Å². The lowest BCUT2D eigenvalue weighted by molar-refractivity contribution is 0.339. The molecule has 5 nitrogen and oxygen atoms in total. The highest BCUT2D eigenvalue weighted by Gasteiger charge is 2.13. The summed E-state index contributed by atoms with van der Waals surface area (Å²) in [5.41, 5.74) is 2.04. The molecule has 0 saturated heterocycles. The normalized spacial score (nSPS) is 10.4. The van der Waals surface area contributed by atoms with Crippen LogP contribution in [0.25, 0.3) is 0 Å². The third-order valence-electron chi connectivity index (χ3n) is 4.16. The lowest BCUT2D eigenvalue weighted by atomic mass is 10.2. The Morgan fingerprint density at radius 1 is 1.00 bits per heavy atom. The van der Waals surface area contributed by atoms with Gasteiger partial charge in [-0.05, 0) is 73.2 Å². The van der Waals surface area contributed by atoms with Crippen LogP contribution in [-0.2, 0) is 13.1 Å². The molecule has 0 unspecified atom stereocenters. The van der Waals surface area contributed by atoms with E-state index in [1.807, 2.05) is 55.5 Å². The first-order valence-corrected chi connectivity index (χ1v) is 9.53. The zero-order chi connectivity index (χ0) is 19.8. The fourth-order valence-electron chi connectivity index (χ4n) is 2.75. The highest BCUT2D eigenvalue weighted by Crippen LogP contribution is 2.19. The lowest BCUT2D eigenvalue weighted by Gasteiger charge is -2.25. The summed E-state index contributed by atoms with van der Waals surface area (Å²) in [5.74, 6) is 2.52. The summed E-state index contributed by atoms with van der Waals surface area (Å²) in [6.07, 6.45) is 1.67. The molecule has 0 aliphatic heterocycles. The van der Waals surface area contributed by atoms with Gasteiger partial charge >= 0.3 is 0 Å². The third-order valence-corrected chi connectivity index (χ3v) is 4.52. The molecule has 3 aromatic rings. The Hall–Kier alpha value is -2.99. The van der Waals surface area contributed by atoms with Gasteiger partial charge in [-0.1, -0.05) is 12.1 Å². The molecule has 1 aromatic heterocycles. The summed E-state index contributed by atoms with van der Waals surface area (Å²) in [5, 5.41) is 3.91. The van der Waals surface area contributed by atoms with E-state index in [0.717, 1.165) is 28.5 Å². The van der Waals surface area contributed by atoms with Crippen molar-refractivity contribution in [3.63, 3.8) is 0 Å². The average Bonchev–Trinajstić information content (AvgIpc) is 3.23. The summed E-state index contributed by atoms with van der Waals surface area (Å²) >= 11 is 5.68. The molecule has 3 rings (SSSR count). The monoisotopic (exact) mass is 396 g/mol. The molecular formula is C22H24N2O3S. The van der Waals surface area contributed by atoms with Gasteiger partial charge in [0, 0.05) is 12.2 Å². The van der Waals surface area contributed by atoms with Crippen molar-refractivity contribution in [3.05, 3.63) is 78.3 Å². The highest BCUT2D eigenvalue weighted by atomic mass is 32.1. The molecule has 0 amide bonds. The largest absolute Gasteiger partial charge is 0.497 e. The number of methoxy groups -OCH3 is 1. The Kier molecular flexibility index (Phi) is 6.92. The molecule has 0 aliphatic rings. The van der Waals surface area contributed by atoms with E-state index in [9.17, 15) is 0 Å². The average molecular weight is 397 g/mol. The zero-order valence-corrected chi connectivity index (χ0v) is 16.9. The smallest absolute Gasteiger partial charge is 0.174 e. The predicted octanol–water partition coefficient (Wildman–Crippen LogP) is 5.09. The van der Waals surface area contributed by atoms with Crippen molar-refractivity contribution in [1.82, 2.24) is 4.90 Å². The van der Waals surface area contributed by atoms with E-state index in [2.05, 4.69) is 22.3 Å². The second-order valence-electron chi connectivity index (χ2n) is 6.17. The quantitative estimate of drug-likeness (QED) is 0.536. The van der Waals surface area contributed by atoms with Crippen LogP contribution in [0.2, 0.25) is 0 Å². The Morgan fingerprint density at radius 2 is 1.71 bits per heavy atom. The Balaban J connectivity index is 1.72. The molecule has 1 N–H and O–H groups in total. The van der Waals surface area contributed by atoms with Crippen molar-refractivity contribution < 1.29 is 13.9 Å². The first kappa shape index (κ1) is 19.8. The molecule has 1 heterocycles. The zero-order valence-electron chi connectivity index (χ0n) is 16.1. The predicted molar refractivity (Wildman–Crippen MR) is 115 cm³/mol. The van der Waals surface area contributed by atoms with Crippen molar-refractivity contribution in [2.45, 2.75) is 20.0 Å². The standard InChI is InChI=1S/C22H24N2O3S/c1-3-26-20-10-6-17(7-11-20)15-24(16-21-5-4-14-27-21)22(28)23-18-8-12-19(25-2)13-9-18/h4-14H,3,15-16H2,1-2H3,(H,23,28). The van der Waals surface area contributed by atoms with Crippen LogP contribution in [0.5, 0.6) is 11.5 Å². The number of nitrogens with one attached hydrogen (secondary N) is 1. The first-order chi connectivity index (χ1) is 13.7. The van der Waals surface area contributed by atoms with Crippen molar-refractivity contribution in [2.75, 3.05) is 19.0 Å². The molecule has 0 spiro atoms. The summed E-state index contributed by atoms with van der Waals surface area (Å²) < 4.78 is 16.2. The van der Waals surface area contributed by atoms with E-state index in [0.29, 0.717) is 24.8 Å². The van der Waals surface area contributed by atoms with Crippen LogP contribution in [0.15, 0.2) is 71.3 Å². The fraction of sp³-hybridized carbons (Fsp3) is 0.227. The Bertz CT molecular complexity index is 862. The Morgan fingerprint density at radius 3 is 2.32 bits per heavy atom. The van der Waals surface area contributed by atoms with Crippen molar-refractivity contribution in [2.24, 2.45) is 0 Å². The van der Waals surface area contributed by atoms with E-state index >= 15 is 0 Å². The Labute approximate surface area is 170 Å². The number of ether oxygens (including phenoxy) is 2. The van der Waals surface area contributed by atoms with E-state index in [1.54, 1.807) is 13.4 Å². The second kappa shape index (κ2) is 9.80. The van der Waals surface area contributed by atoms with E-state index in [-0.39, 0.29) is 0 Å². The molecule has 0 radical (unpaired) electrons. The minimum atomic E-state index is 0.572. The van der Waals surface area contributed by atoms with E-state index < -0.39 is 0 Å². The summed E-state index contributed by atoms with van der Waals surface area (Å²) in [6.45, 7) is 3.85. The molecule has 0 bridgehead atoms. The lowest BCUT2D eigenvalue weighted by Crippen LogP contribution is -2.33. The number of hydrogen-bond donors (Lipinski definition) is 1. The number of benzene rings is 2. The molecule has 146 valence electrons. The van der Waals surface area contributed by atoms with Gasteiger partial charge in [-0.25, -0.2) is 0 Å². The number of hydrogen-bond acceptors (Lipinski definition) is 4. The van der Waals surface area contributed by atoms with Crippen molar-refractivity contribution >= 4 is 23.0 Å². The van der Waals surface area contributed by atoms with E-state index in [1.165, 1.54) is 0 Å². The van der Waals surface area contributed by atoms with Gasteiger partial charge in [-0.2, -0.15) is 0 Å². The first-order valence-electron chi connectivity index (χ1n) is 9.12. The highest BCUT2D eigenvalue weighted by molar-refractivity contribution is 7.80. The molecular weight excluding hydrogens is 372 g/mol. The molecule has 28 heavy (non-hydrogen) atoms. The van der Waals surface area contributed by atoms with Crippen molar-refractivity contribution in [3.8, 4) is 11.5 Å². The molecule has 0 atom stereocenters. The minimum Gasteiger partial charge on any atom is -0.497 e. The molecule has 2 aromatic carbocycles. The van der Waals surface area contributed by atoms with Gasteiger partial charge in [-0.3, -0.25) is 0 Å². The molecule has 0 saturated carbocycles. The summed E-state index contributed by atoms with van der Waals surface area (Å²) in [4.78, 5) is 2.06. The van der Waals surface area contributed by atoms with Crippen LogP contribution in [0.4, 0.5) is 5.69 Å². The van der Waals surface area contributed by atoms with Crippen LogP contribution < -0.4 is 14.8 Å². The SMILES string of the molecule is CCOc1ccc(CN(Cc2ccco2)C(=S)Nc2ccc(OC)cc2)cc1. The van der Waals surface area contributed by atoms with Gasteiger partial charge in [0.1, 0.15) is 17.3 Å². The van der Waals surface area contributed by atoms with Crippen LogP contribution in [0.3, 0.4) is 0 Å². The maximum Gasteiger partial charge on any atom is 0.174 e. The van der Waals surface area contributed by atoms with Crippen LogP contribution in [0, 0.1) is 0 Å². The fourth-order valence-corrected chi connectivity index (χ4v) is 2.99. The number of furan rings is 1. The summed E-state index contributed by atoms with van der Waals surface area (Å²) in [7, 11) is 1.65. The van der Waals surface area contributed by atoms with Crippen LogP contribution >= 0.6 is 12.2 Å². The summed E-state index contributed by atoms with van der Waals surface area (Å²) in [6, 6.07) is 19.5. The van der Waals surface area contributed by atoms with Gasteiger partial charge in [0.05, 0.1) is 26.5 Å². The topological polar surface area (TPSA) is 46.9 Å².